The Morgan fingerprint density at radius 2 is 2.24 bits per heavy atom. The summed E-state index contributed by atoms with van der Waals surface area (Å²) < 4.78 is 0. The highest BCUT2D eigenvalue weighted by molar-refractivity contribution is 7.09. The van der Waals surface area contributed by atoms with Gasteiger partial charge >= 0.3 is 0 Å². The number of nitrogens with one attached hydrogen (secondary N) is 1. The second-order valence-electron chi connectivity index (χ2n) is 3.77. The molecule has 0 aliphatic heterocycles. The molecule has 88 valence electrons. The molecule has 0 aliphatic rings. The molecule has 1 N–H and O–H groups in total. The van der Waals surface area contributed by atoms with E-state index in [0.717, 1.165) is 5.01 Å². The van der Waals surface area contributed by atoms with Gasteiger partial charge in [0.1, 0.15) is 5.69 Å². The van der Waals surface area contributed by atoms with Gasteiger partial charge in [-0.1, -0.05) is 13.8 Å². The fourth-order valence-corrected chi connectivity index (χ4v) is 2.02. The summed E-state index contributed by atoms with van der Waals surface area (Å²) in [7, 11) is 0. The highest BCUT2D eigenvalue weighted by Crippen LogP contribution is 2.19. The van der Waals surface area contributed by atoms with E-state index in [1.807, 2.05) is 13.8 Å². The molecule has 1 amide bonds. The molecule has 17 heavy (non-hydrogen) atoms. The third-order valence-electron chi connectivity index (χ3n) is 2.05. The molecule has 5 nitrogen and oxygen atoms in total. The minimum absolute atomic E-state index is 0.256. The number of carbonyl (C=O) groups is 1. The summed E-state index contributed by atoms with van der Waals surface area (Å²) >= 11 is 1.49. The fourth-order valence-electron chi connectivity index (χ4n) is 1.20. The van der Waals surface area contributed by atoms with Crippen molar-refractivity contribution in [2.45, 2.75) is 19.8 Å². The minimum Gasteiger partial charge on any atom is -0.304 e. The molecule has 0 saturated carbocycles. The standard InChI is InChI=1S/C11H12N4OS/c1-7(2)11-14-8(6-17-11)10(16)15-9-5-12-3-4-13-9/h3-7H,1-2H3,(H,13,15,16). The van der Waals surface area contributed by atoms with Gasteiger partial charge in [0.15, 0.2) is 5.82 Å². The summed E-state index contributed by atoms with van der Waals surface area (Å²) in [6.07, 6.45) is 4.57. The van der Waals surface area contributed by atoms with E-state index in [4.69, 9.17) is 0 Å². The number of thiazole rings is 1. The van der Waals surface area contributed by atoms with E-state index >= 15 is 0 Å². The van der Waals surface area contributed by atoms with Gasteiger partial charge < -0.3 is 5.32 Å². The van der Waals surface area contributed by atoms with Crippen molar-refractivity contribution in [3.63, 3.8) is 0 Å². The van der Waals surface area contributed by atoms with E-state index in [1.54, 1.807) is 11.6 Å². The summed E-state index contributed by atoms with van der Waals surface area (Å²) in [6.45, 7) is 4.09. The van der Waals surface area contributed by atoms with E-state index in [2.05, 4.69) is 20.3 Å². The topological polar surface area (TPSA) is 67.8 Å². The van der Waals surface area contributed by atoms with Gasteiger partial charge in [-0.15, -0.1) is 11.3 Å². The highest BCUT2D eigenvalue weighted by Gasteiger charge is 2.12. The van der Waals surface area contributed by atoms with Crippen molar-refractivity contribution in [1.29, 1.82) is 0 Å². The second kappa shape index (κ2) is 5.01. The first-order chi connectivity index (χ1) is 8.16. The number of carbonyl (C=O) groups excluding carboxylic acids is 1. The molecule has 0 unspecified atom stereocenters. The molecule has 0 saturated heterocycles. The summed E-state index contributed by atoms with van der Waals surface area (Å²) in [4.78, 5) is 23.9. The Kier molecular flexibility index (Phi) is 3.43. The number of anilines is 1. The van der Waals surface area contributed by atoms with Crippen LogP contribution in [0.1, 0.15) is 35.3 Å². The summed E-state index contributed by atoms with van der Waals surface area (Å²) in [5, 5.41) is 5.35. The van der Waals surface area contributed by atoms with E-state index < -0.39 is 0 Å². The molecule has 2 aromatic rings. The van der Waals surface area contributed by atoms with Crippen LogP contribution in [-0.2, 0) is 0 Å². The lowest BCUT2D eigenvalue weighted by atomic mass is 10.2. The molecule has 2 aromatic heterocycles. The third kappa shape index (κ3) is 2.85. The zero-order valence-corrected chi connectivity index (χ0v) is 10.4. The summed E-state index contributed by atoms with van der Waals surface area (Å²) in [5.41, 5.74) is 0.421. The highest BCUT2D eigenvalue weighted by atomic mass is 32.1. The van der Waals surface area contributed by atoms with E-state index in [-0.39, 0.29) is 5.91 Å². The van der Waals surface area contributed by atoms with Crippen LogP contribution in [-0.4, -0.2) is 20.9 Å². The Morgan fingerprint density at radius 1 is 1.41 bits per heavy atom. The molecule has 0 radical (unpaired) electrons. The van der Waals surface area contributed by atoms with Crippen molar-refractivity contribution < 1.29 is 4.79 Å². The second-order valence-corrected chi connectivity index (χ2v) is 4.66. The van der Waals surface area contributed by atoms with Crippen LogP contribution >= 0.6 is 11.3 Å². The Balaban J connectivity index is 2.10. The van der Waals surface area contributed by atoms with E-state index in [0.29, 0.717) is 17.4 Å². The minimum atomic E-state index is -0.256. The van der Waals surface area contributed by atoms with Crippen molar-refractivity contribution in [3.8, 4) is 0 Å². The molecular formula is C11H12N4OS. The van der Waals surface area contributed by atoms with Crippen LogP contribution in [0.2, 0.25) is 0 Å². The van der Waals surface area contributed by atoms with Crippen LogP contribution in [0.15, 0.2) is 24.0 Å². The summed E-state index contributed by atoms with van der Waals surface area (Å²) in [6, 6.07) is 0. The van der Waals surface area contributed by atoms with Gasteiger partial charge in [0, 0.05) is 23.7 Å². The maximum atomic E-state index is 11.8. The Bertz CT molecular complexity index is 509. The Hall–Kier alpha value is -1.82. The molecule has 0 aliphatic carbocycles. The van der Waals surface area contributed by atoms with Crippen molar-refractivity contribution in [3.05, 3.63) is 34.7 Å². The lowest BCUT2D eigenvalue weighted by Crippen LogP contribution is -2.13. The zero-order chi connectivity index (χ0) is 12.3. The van der Waals surface area contributed by atoms with Crippen molar-refractivity contribution in [2.24, 2.45) is 0 Å². The quantitative estimate of drug-likeness (QED) is 0.905. The first-order valence-corrected chi connectivity index (χ1v) is 6.07. The molecule has 0 bridgehead atoms. The fraction of sp³-hybridized carbons (Fsp3) is 0.273. The Labute approximate surface area is 103 Å². The molecular weight excluding hydrogens is 236 g/mol. The van der Waals surface area contributed by atoms with Gasteiger partial charge in [-0.05, 0) is 0 Å². The molecule has 0 atom stereocenters. The molecule has 6 heteroatoms. The average Bonchev–Trinajstić information content (AvgIpc) is 2.79. The van der Waals surface area contributed by atoms with Crippen LogP contribution in [0.5, 0.6) is 0 Å². The normalized spacial score (nSPS) is 10.5. The first-order valence-electron chi connectivity index (χ1n) is 5.19. The van der Waals surface area contributed by atoms with Crippen LogP contribution in [0, 0.1) is 0 Å². The molecule has 0 fully saturated rings. The number of nitrogens with zero attached hydrogens (tertiary/aromatic N) is 3. The third-order valence-corrected chi connectivity index (χ3v) is 3.20. The van der Waals surface area contributed by atoms with Crippen LogP contribution < -0.4 is 5.32 Å². The molecule has 2 heterocycles. The molecule has 2 rings (SSSR count). The van der Waals surface area contributed by atoms with Gasteiger partial charge in [-0.3, -0.25) is 9.78 Å². The number of hydrogen-bond acceptors (Lipinski definition) is 5. The van der Waals surface area contributed by atoms with Crippen LogP contribution in [0.3, 0.4) is 0 Å². The van der Waals surface area contributed by atoms with Gasteiger partial charge in [-0.2, -0.15) is 0 Å². The first kappa shape index (κ1) is 11.7. The van der Waals surface area contributed by atoms with Gasteiger partial charge in [-0.25, -0.2) is 9.97 Å². The maximum absolute atomic E-state index is 11.8. The van der Waals surface area contributed by atoms with Crippen molar-refractivity contribution in [1.82, 2.24) is 15.0 Å². The van der Waals surface area contributed by atoms with Crippen molar-refractivity contribution in [2.75, 3.05) is 5.32 Å². The predicted octanol–water partition coefficient (Wildman–Crippen LogP) is 2.31. The van der Waals surface area contributed by atoms with Crippen molar-refractivity contribution >= 4 is 23.1 Å². The predicted molar refractivity (Wildman–Crippen MR) is 66.2 cm³/mol. The van der Waals surface area contributed by atoms with Gasteiger partial charge in [0.2, 0.25) is 0 Å². The Morgan fingerprint density at radius 3 is 2.82 bits per heavy atom. The average molecular weight is 248 g/mol. The number of hydrogen-bond donors (Lipinski definition) is 1. The SMILES string of the molecule is CC(C)c1nc(C(=O)Nc2cnccn2)cs1. The van der Waals surface area contributed by atoms with Gasteiger partial charge in [0.05, 0.1) is 11.2 Å². The lowest BCUT2D eigenvalue weighted by molar-refractivity contribution is 0.102. The molecule has 0 spiro atoms. The van der Waals surface area contributed by atoms with Gasteiger partial charge in [0.25, 0.3) is 5.91 Å². The monoisotopic (exact) mass is 248 g/mol. The number of aromatic nitrogens is 3. The largest absolute Gasteiger partial charge is 0.304 e. The van der Waals surface area contributed by atoms with Crippen LogP contribution in [0.25, 0.3) is 0 Å². The molecule has 0 aromatic carbocycles. The van der Waals surface area contributed by atoms with E-state index in [1.165, 1.54) is 23.7 Å². The smallest absolute Gasteiger partial charge is 0.276 e. The lowest BCUT2D eigenvalue weighted by Gasteiger charge is -2.00. The van der Waals surface area contributed by atoms with E-state index in [9.17, 15) is 4.79 Å². The summed E-state index contributed by atoms with van der Waals surface area (Å²) in [5.74, 6) is 0.503. The van der Waals surface area contributed by atoms with Crippen LogP contribution in [0.4, 0.5) is 5.82 Å². The zero-order valence-electron chi connectivity index (χ0n) is 9.54. The number of amides is 1. The maximum Gasteiger partial charge on any atom is 0.276 e. The number of rotatable bonds is 3.